The number of fused-ring (bicyclic) bond motifs is 1. The zero-order chi connectivity index (χ0) is 27.4. The van der Waals surface area contributed by atoms with Gasteiger partial charge < -0.3 is 30.0 Å². The van der Waals surface area contributed by atoms with Crippen molar-refractivity contribution in [1.29, 1.82) is 0 Å². The van der Waals surface area contributed by atoms with E-state index in [9.17, 15) is 19.5 Å². The summed E-state index contributed by atoms with van der Waals surface area (Å²) in [6, 6.07) is 13.3. The Morgan fingerprint density at radius 2 is 1.67 bits per heavy atom. The van der Waals surface area contributed by atoms with Gasteiger partial charge in [0, 0.05) is 36.4 Å². The highest BCUT2D eigenvalue weighted by Gasteiger charge is 2.30. The summed E-state index contributed by atoms with van der Waals surface area (Å²) in [4.78, 5) is 45.9. The van der Waals surface area contributed by atoms with Gasteiger partial charge in [-0.2, -0.15) is 0 Å². The molecule has 0 unspecified atom stereocenters. The molecule has 2 saturated heterocycles. The van der Waals surface area contributed by atoms with Crippen LogP contribution in [0.2, 0.25) is 0 Å². The molecule has 2 amide bonds. The molecule has 2 fully saturated rings. The molecule has 2 aromatic carbocycles. The van der Waals surface area contributed by atoms with Crippen molar-refractivity contribution in [2.45, 2.75) is 45.1 Å². The summed E-state index contributed by atoms with van der Waals surface area (Å²) >= 11 is 0. The van der Waals surface area contributed by atoms with E-state index in [1.807, 2.05) is 36.1 Å². The normalized spacial score (nSPS) is 18.3. The molecule has 2 aliphatic heterocycles. The lowest BCUT2D eigenvalue weighted by Gasteiger charge is -2.25. The average molecular weight is 532 g/mol. The number of hydrogen-bond acceptors (Lipinski definition) is 5. The second-order valence-electron chi connectivity index (χ2n) is 10.1. The summed E-state index contributed by atoms with van der Waals surface area (Å²) in [6.07, 6.45) is 4.21. The minimum Gasteiger partial charge on any atom is -0.478 e. The number of anilines is 2. The number of carbonyl (C=O) groups is 3. The molecule has 10 nitrogen and oxygen atoms in total. The predicted molar refractivity (Wildman–Crippen MR) is 149 cm³/mol. The summed E-state index contributed by atoms with van der Waals surface area (Å²) in [7, 11) is 0. The number of aryl methyl sites for hydroxylation is 1. The molecule has 0 bridgehead atoms. The second kappa shape index (κ2) is 11.6. The van der Waals surface area contributed by atoms with Crippen LogP contribution in [0.15, 0.2) is 57.9 Å². The Kier molecular flexibility index (Phi) is 7.81. The van der Waals surface area contributed by atoms with Crippen molar-refractivity contribution in [3.8, 4) is 0 Å². The van der Waals surface area contributed by atoms with Crippen LogP contribution < -0.4 is 10.6 Å². The summed E-state index contributed by atoms with van der Waals surface area (Å²) in [5, 5.41) is 16.7. The van der Waals surface area contributed by atoms with Crippen molar-refractivity contribution in [1.82, 2.24) is 9.80 Å². The van der Waals surface area contributed by atoms with Gasteiger partial charge in [0.25, 0.3) is 0 Å². The zero-order valence-electron chi connectivity index (χ0n) is 22.0. The highest BCUT2D eigenvalue weighted by Crippen LogP contribution is 2.24. The molecule has 10 heteroatoms. The van der Waals surface area contributed by atoms with E-state index in [-0.39, 0.29) is 23.9 Å². The van der Waals surface area contributed by atoms with Crippen LogP contribution in [0.25, 0.3) is 11.0 Å². The van der Waals surface area contributed by atoms with Crippen LogP contribution in [0.4, 0.5) is 11.4 Å². The van der Waals surface area contributed by atoms with Crippen LogP contribution in [0.3, 0.4) is 0 Å². The number of carbonyl (C=O) groups excluding carboxylic acids is 2. The fourth-order valence-electron chi connectivity index (χ4n) is 5.07. The lowest BCUT2D eigenvalue weighted by Crippen LogP contribution is -2.45. The quantitative estimate of drug-likeness (QED) is 0.319. The number of aromatic carboxylic acids is 1. The molecule has 0 radical (unpaired) electrons. The highest BCUT2D eigenvalue weighted by molar-refractivity contribution is 6.06. The first-order chi connectivity index (χ1) is 18.9. The Labute approximate surface area is 226 Å². The molecule has 3 heterocycles. The van der Waals surface area contributed by atoms with Crippen LogP contribution in [0, 0.1) is 6.92 Å². The minimum absolute atomic E-state index is 0.0100. The molecule has 3 aromatic rings. The van der Waals surface area contributed by atoms with Crippen molar-refractivity contribution in [2.75, 3.05) is 36.8 Å². The van der Waals surface area contributed by atoms with Crippen molar-refractivity contribution in [3.05, 3.63) is 59.9 Å². The van der Waals surface area contributed by atoms with Crippen LogP contribution >= 0.6 is 0 Å². The highest BCUT2D eigenvalue weighted by atomic mass is 16.4. The Morgan fingerprint density at radius 1 is 0.974 bits per heavy atom. The van der Waals surface area contributed by atoms with Gasteiger partial charge in [-0.25, -0.2) is 9.79 Å². The van der Waals surface area contributed by atoms with Gasteiger partial charge in [-0.1, -0.05) is 0 Å². The molecule has 3 N–H and O–H groups in total. The number of carboxylic acids is 1. The van der Waals surface area contributed by atoms with Crippen LogP contribution in [0.1, 0.15) is 48.2 Å². The number of furan rings is 1. The molecule has 0 aliphatic carbocycles. The van der Waals surface area contributed by atoms with Gasteiger partial charge in [0.15, 0.2) is 0 Å². The Morgan fingerprint density at radius 3 is 2.41 bits per heavy atom. The average Bonchev–Trinajstić information content (AvgIpc) is 3.55. The fraction of sp³-hybridized carbons (Fsp3) is 0.379. The molecule has 0 spiro atoms. The maximum Gasteiger partial charge on any atom is 0.335 e. The van der Waals surface area contributed by atoms with Crippen molar-refractivity contribution in [3.63, 3.8) is 0 Å². The molecule has 1 aromatic heterocycles. The first-order valence-electron chi connectivity index (χ1n) is 13.4. The van der Waals surface area contributed by atoms with Crippen LogP contribution in [0.5, 0.6) is 0 Å². The number of rotatable bonds is 6. The van der Waals surface area contributed by atoms with Gasteiger partial charge in [-0.3, -0.25) is 9.59 Å². The first-order valence-corrected chi connectivity index (χ1v) is 13.4. The van der Waals surface area contributed by atoms with Gasteiger partial charge in [-0.15, -0.1) is 0 Å². The molecular weight excluding hydrogens is 498 g/mol. The number of benzene rings is 2. The third-order valence-electron chi connectivity index (χ3n) is 7.12. The zero-order valence-corrected chi connectivity index (χ0v) is 22.0. The molecular formula is C29H33N5O5. The Hall–Kier alpha value is -4.34. The number of nitrogens with one attached hydrogen (secondary N) is 2. The molecule has 0 saturated carbocycles. The largest absolute Gasteiger partial charge is 0.478 e. The summed E-state index contributed by atoms with van der Waals surface area (Å²) < 4.78 is 5.68. The molecule has 2 aliphatic rings. The number of aliphatic imine (C=N–C) groups is 1. The van der Waals surface area contributed by atoms with E-state index in [1.165, 1.54) is 12.1 Å². The van der Waals surface area contributed by atoms with E-state index in [4.69, 9.17) is 9.41 Å². The lowest BCUT2D eigenvalue weighted by molar-refractivity contribution is -0.140. The Bertz CT molecular complexity index is 1390. The third-order valence-corrected chi connectivity index (χ3v) is 7.12. The monoisotopic (exact) mass is 531 g/mol. The van der Waals surface area contributed by atoms with E-state index in [0.717, 1.165) is 61.2 Å². The predicted octanol–water partition coefficient (Wildman–Crippen LogP) is 4.32. The van der Waals surface area contributed by atoms with E-state index < -0.39 is 12.0 Å². The van der Waals surface area contributed by atoms with Gasteiger partial charge in [-0.05, 0) is 87.6 Å². The molecule has 204 valence electrons. The summed E-state index contributed by atoms with van der Waals surface area (Å²) in [5.41, 5.74) is 2.31. The lowest BCUT2D eigenvalue weighted by atomic mass is 10.1. The standard InChI is InChI=1S/C29H33N5O5/c1-19-16-21-17-23(11-12-25(21)39-19)31-29(30-22-9-7-20(8-10-22)28(37)38)32-24-6-2-3-15-34(27(24)36)18-26(35)33-13-4-5-14-33/h7-12,16-17,24H,2-6,13-15,18H2,1H3,(H,37,38)(H2,30,31,32)/t24-/m0/s1. The van der Waals surface area contributed by atoms with Crippen LogP contribution in [-0.4, -0.2) is 70.9 Å². The first kappa shape index (κ1) is 26.3. The number of carboxylic acid groups (broad SMARTS) is 1. The van der Waals surface area contributed by atoms with Gasteiger partial charge in [0.2, 0.25) is 17.8 Å². The third kappa shape index (κ3) is 6.39. The summed E-state index contributed by atoms with van der Waals surface area (Å²) in [5.74, 6) is -0.0265. The number of amides is 2. The van der Waals surface area contributed by atoms with Crippen molar-refractivity contribution in [2.24, 2.45) is 4.99 Å². The van der Waals surface area contributed by atoms with Crippen LogP contribution in [-0.2, 0) is 9.59 Å². The molecule has 1 atom stereocenters. The number of likely N-dealkylation sites (tertiary alicyclic amines) is 2. The van der Waals surface area contributed by atoms with Gasteiger partial charge in [0.1, 0.15) is 17.4 Å². The fourth-order valence-corrected chi connectivity index (χ4v) is 5.07. The topological polar surface area (TPSA) is 127 Å². The van der Waals surface area contributed by atoms with Crippen molar-refractivity contribution < 1.29 is 23.9 Å². The second-order valence-corrected chi connectivity index (χ2v) is 10.1. The summed E-state index contributed by atoms with van der Waals surface area (Å²) in [6.45, 7) is 4.01. The minimum atomic E-state index is -1.01. The Balaban J connectivity index is 1.40. The van der Waals surface area contributed by atoms with E-state index in [1.54, 1.807) is 17.0 Å². The number of hydrogen-bond donors (Lipinski definition) is 3. The van der Waals surface area contributed by atoms with E-state index in [2.05, 4.69) is 10.6 Å². The number of nitrogens with zero attached hydrogens (tertiary/aromatic N) is 3. The molecule has 5 rings (SSSR count). The van der Waals surface area contributed by atoms with E-state index in [0.29, 0.717) is 24.6 Å². The maximum atomic E-state index is 13.5. The van der Waals surface area contributed by atoms with Gasteiger partial charge in [0.05, 0.1) is 12.1 Å². The number of guanidine groups is 1. The van der Waals surface area contributed by atoms with E-state index >= 15 is 0 Å². The maximum absolute atomic E-state index is 13.5. The molecule has 39 heavy (non-hydrogen) atoms. The smallest absolute Gasteiger partial charge is 0.335 e. The SMILES string of the molecule is Cc1cc2cc(NC(=N[C@H]3CCCCN(CC(=O)N4CCCC4)C3=O)Nc3ccc(C(=O)O)cc3)ccc2o1. The van der Waals surface area contributed by atoms with Gasteiger partial charge >= 0.3 is 5.97 Å². The van der Waals surface area contributed by atoms with Crippen molar-refractivity contribution >= 4 is 46.1 Å².